The molecular formula is C16H13NO5. The van der Waals surface area contributed by atoms with E-state index in [4.69, 9.17) is 9.47 Å². The van der Waals surface area contributed by atoms with Gasteiger partial charge in [0.15, 0.2) is 11.5 Å². The van der Waals surface area contributed by atoms with E-state index in [1.54, 1.807) is 31.2 Å². The van der Waals surface area contributed by atoms with Crippen LogP contribution in [0.4, 0.5) is 0 Å². The first kappa shape index (κ1) is 13.9. The van der Waals surface area contributed by atoms with Crippen molar-refractivity contribution < 1.29 is 19.4 Å². The molecular weight excluding hydrogens is 286 g/mol. The number of carbonyl (C=O) groups excluding carboxylic acids is 1. The summed E-state index contributed by atoms with van der Waals surface area (Å²) in [5.41, 5.74) is 1.30. The Morgan fingerprint density at radius 1 is 1.27 bits per heavy atom. The van der Waals surface area contributed by atoms with E-state index in [9.17, 15) is 14.7 Å². The number of aromatic hydroxyl groups is 1. The van der Waals surface area contributed by atoms with Gasteiger partial charge >= 0.3 is 5.97 Å². The summed E-state index contributed by atoms with van der Waals surface area (Å²) in [4.78, 5) is 26.3. The van der Waals surface area contributed by atoms with Crippen molar-refractivity contribution in [3.8, 4) is 11.5 Å². The first-order valence-electron chi connectivity index (χ1n) is 6.55. The first-order valence-corrected chi connectivity index (χ1v) is 6.55. The highest BCUT2D eigenvalue weighted by Crippen LogP contribution is 2.32. The normalized spacial score (nSPS) is 14.8. The first-order chi connectivity index (χ1) is 10.5. The maximum atomic E-state index is 11.8. The molecule has 0 atom stereocenters. The number of aromatic amines is 1. The maximum absolute atomic E-state index is 11.8. The summed E-state index contributed by atoms with van der Waals surface area (Å²) in [6.07, 6.45) is 1.62. The number of carbonyl (C=O) groups is 1. The molecule has 2 N–H and O–H groups in total. The molecule has 0 aliphatic carbocycles. The number of methoxy groups -OCH3 is 1. The molecule has 0 spiro atoms. The number of nitrogens with one attached hydrogen (secondary N) is 1. The van der Waals surface area contributed by atoms with Crippen LogP contribution in [0.3, 0.4) is 0 Å². The van der Waals surface area contributed by atoms with Crippen molar-refractivity contribution in [2.45, 2.75) is 6.92 Å². The van der Waals surface area contributed by atoms with E-state index in [1.807, 2.05) is 0 Å². The molecule has 0 unspecified atom stereocenters. The number of esters is 1. The molecule has 6 heteroatoms. The molecule has 0 amide bonds. The molecule has 22 heavy (non-hydrogen) atoms. The Labute approximate surface area is 125 Å². The molecule has 0 fully saturated rings. The smallest absolute Gasteiger partial charge is 0.349 e. The Balaban J connectivity index is 2.12. The number of phenols is 1. The van der Waals surface area contributed by atoms with Crippen LogP contribution in [0.5, 0.6) is 11.5 Å². The number of ether oxygens (including phenoxy) is 2. The van der Waals surface area contributed by atoms with Crippen LogP contribution in [0.2, 0.25) is 0 Å². The van der Waals surface area contributed by atoms with Gasteiger partial charge in [0.05, 0.1) is 7.11 Å². The highest BCUT2D eigenvalue weighted by molar-refractivity contribution is 6.05. The zero-order chi connectivity index (χ0) is 15.9. The van der Waals surface area contributed by atoms with Gasteiger partial charge in [-0.05, 0) is 36.8 Å². The predicted octanol–water partition coefficient (Wildman–Crippen LogP) is 2.07. The molecule has 1 aliphatic rings. The maximum Gasteiger partial charge on any atom is 0.349 e. The summed E-state index contributed by atoms with van der Waals surface area (Å²) in [6.45, 7) is 1.73. The number of pyridine rings is 1. The molecule has 112 valence electrons. The van der Waals surface area contributed by atoms with Crippen LogP contribution in [0.15, 0.2) is 29.1 Å². The van der Waals surface area contributed by atoms with Crippen LogP contribution in [0, 0.1) is 6.92 Å². The fourth-order valence-electron chi connectivity index (χ4n) is 2.33. The number of phenolic OH excluding ortho intramolecular Hbond substituents is 1. The topological polar surface area (TPSA) is 88.6 Å². The van der Waals surface area contributed by atoms with E-state index in [-0.39, 0.29) is 11.3 Å². The van der Waals surface area contributed by atoms with Gasteiger partial charge in [-0.25, -0.2) is 4.79 Å². The third-order valence-corrected chi connectivity index (χ3v) is 3.34. The van der Waals surface area contributed by atoms with Crippen molar-refractivity contribution in [3.05, 3.63) is 57.0 Å². The SMILES string of the molecule is COc1cc(/C=C2/OC(=O)c3c2cc(C)[nH]c3=O)ccc1O. The van der Waals surface area contributed by atoms with E-state index in [1.165, 1.54) is 13.2 Å². The molecule has 1 aromatic heterocycles. The molecule has 1 aromatic carbocycles. The molecule has 6 nitrogen and oxygen atoms in total. The van der Waals surface area contributed by atoms with Crippen molar-refractivity contribution >= 4 is 17.8 Å². The monoisotopic (exact) mass is 299 g/mol. The van der Waals surface area contributed by atoms with Gasteiger partial charge in [0, 0.05) is 11.3 Å². The van der Waals surface area contributed by atoms with E-state index in [0.29, 0.717) is 28.3 Å². The summed E-state index contributed by atoms with van der Waals surface area (Å²) in [7, 11) is 1.44. The zero-order valence-corrected chi connectivity index (χ0v) is 12.0. The molecule has 0 bridgehead atoms. The van der Waals surface area contributed by atoms with Crippen molar-refractivity contribution in [1.82, 2.24) is 4.98 Å². The standard InChI is InChI=1S/C16H13NO5/c1-8-5-10-12(22-16(20)14(10)15(19)17-8)6-9-3-4-11(18)13(7-9)21-2/h3-7,18H,1-2H3,(H,17,19)/b12-6+. The Hall–Kier alpha value is -3.02. The fraction of sp³-hybridized carbons (Fsp3) is 0.125. The summed E-state index contributed by atoms with van der Waals surface area (Å²) in [6, 6.07) is 6.42. The number of aryl methyl sites for hydroxylation is 1. The number of fused-ring (bicyclic) bond motifs is 1. The minimum Gasteiger partial charge on any atom is -0.504 e. The van der Waals surface area contributed by atoms with Gasteiger partial charge < -0.3 is 19.6 Å². The number of aromatic nitrogens is 1. The van der Waals surface area contributed by atoms with Gasteiger partial charge in [-0.1, -0.05) is 6.07 Å². The Morgan fingerprint density at radius 3 is 2.77 bits per heavy atom. The quantitative estimate of drug-likeness (QED) is 0.829. The molecule has 0 saturated carbocycles. The van der Waals surface area contributed by atoms with E-state index < -0.39 is 11.5 Å². The van der Waals surface area contributed by atoms with Gasteiger partial charge in [0.25, 0.3) is 5.56 Å². The number of H-pyrrole nitrogens is 1. The second-order valence-corrected chi connectivity index (χ2v) is 4.90. The Kier molecular flexibility index (Phi) is 3.21. The molecule has 3 rings (SSSR count). The van der Waals surface area contributed by atoms with Crippen molar-refractivity contribution in [2.75, 3.05) is 7.11 Å². The largest absolute Gasteiger partial charge is 0.504 e. The van der Waals surface area contributed by atoms with Crippen LogP contribution in [0.25, 0.3) is 11.8 Å². The Bertz CT molecular complexity index is 863. The highest BCUT2D eigenvalue weighted by atomic mass is 16.5. The highest BCUT2D eigenvalue weighted by Gasteiger charge is 2.30. The lowest BCUT2D eigenvalue weighted by Gasteiger charge is -2.05. The summed E-state index contributed by atoms with van der Waals surface area (Å²) >= 11 is 0. The summed E-state index contributed by atoms with van der Waals surface area (Å²) < 4.78 is 10.2. The summed E-state index contributed by atoms with van der Waals surface area (Å²) in [5, 5.41) is 9.59. The second-order valence-electron chi connectivity index (χ2n) is 4.90. The van der Waals surface area contributed by atoms with Crippen LogP contribution in [-0.2, 0) is 4.74 Å². The number of hydrogen-bond acceptors (Lipinski definition) is 5. The van der Waals surface area contributed by atoms with E-state index in [0.717, 1.165) is 0 Å². The predicted molar refractivity (Wildman–Crippen MR) is 79.7 cm³/mol. The third-order valence-electron chi connectivity index (χ3n) is 3.34. The van der Waals surface area contributed by atoms with Gasteiger partial charge in [-0.15, -0.1) is 0 Å². The third kappa shape index (κ3) is 2.24. The van der Waals surface area contributed by atoms with Gasteiger partial charge in [-0.2, -0.15) is 0 Å². The van der Waals surface area contributed by atoms with Crippen LogP contribution < -0.4 is 10.3 Å². The van der Waals surface area contributed by atoms with E-state index in [2.05, 4.69) is 4.98 Å². The van der Waals surface area contributed by atoms with Gasteiger partial charge in [0.1, 0.15) is 11.3 Å². The lowest BCUT2D eigenvalue weighted by atomic mass is 10.1. The van der Waals surface area contributed by atoms with Gasteiger partial charge in [-0.3, -0.25) is 4.79 Å². The van der Waals surface area contributed by atoms with E-state index >= 15 is 0 Å². The van der Waals surface area contributed by atoms with Crippen molar-refractivity contribution in [1.29, 1.82) is 0 Å². The lowest BCUT2D eigenvalue weighted by molar-refractivity contribution is 0.0715. The molecule has 2 aromatic rings. The minimum atomic E-state index is -0.673. The fourth-order valence-corrected chi connectivity index (χ4v) is 2.33. The second kappa shape index (κ2) is 5.07. The summed E-state index contributed by atoms with van der Waals surface area (Å²) in [5.74, 6) is -0.0584. The van der Waals surface area contributed by atoms with Crippen LogP contribution in [-0.4, -0.2) is 23.2 Å². The number of rotatable bonds is 2. The number of cyclic esters (lactones) is 1. The van der Waals surface area contributed by atoms with Crippen LogP contribution >= 0.6 is 0 Å². The lowest BCUT2D eigenvalue weighted by Crippen LogP contribution is -2.16. The van der Waals surface area contributed by atoms with Crippen molar-refractivity contribution in [3.63, 3.8) is 0 Å². The number of hydrogen-bond donors (Lipinski definition) is 2. The van der Waals surface area contributed by atoms with Crippen molar-refractivity contribution in [2.24, 2.45) is 0 Å². The molecule has 0 saturated heterocycles. The molecule has 0 radical (unpaired) electrons. The van der Waals surface area contributed by atoms with Crippen LogP contribution in [0.1, 0.15) is 27.2 Å². The average molecular weight is 299 g/mol. The number of benzene rings is 1. The molecule has 2 heterocycles. The average Bonchev–Trinajstić information content (AvgIpc) is 2.77. The molecule has 1 aliphatic heterocycles. The zero-order valence-electron chi connectivity index (χ0n) is 12.0. The Morgan fingerprint density at radius 2 is 2.05 bits per heavy atom. The van der Waals surface area contributed by atoms with Gasteiger partial charge in [0.2, 0.25) is 0 Å². The minimum absolute atomic E-state index is 0.00240.